The number of hydrogen-bond acceptors (Lipinski definition) is 7. The molecule has 2 aliphatic heterocycles. The van der Waals surface area contributed by atoms with Crippen molar-refractivity contribution in [3.63, 3.8) is 0 Å². The Morgan fingerprint density at radius 2 is 2.08 bits per heavy atom. The van der Waals surface area contributed by atoms with Gasteiger partial charge in [-0.2, -0.15) is 0 Å². The Kier molecular flexibility index (Phi) is 9.93. The molecule has 1 fully saturated rings. The second-order valence-corrected chi connectivity index (χ2v) is 14.1. The van der Waals surface area contributed by atoms with Gasteiger partial charge in [0, 0.05) is 53.8 Å². The molecule has 3 heterocycles. The molecule has 2 aliphatic rings. The molecule has 1 aromatic carbocycles. The van der Waals surface area contributed by atoms with Gasteiger partial charge in [0.25, 0.3) is 5.91 Å². The van der Waals surface area contributed by atoms with Gasteiger partial charge in [-0.1, -0.05) is 30.9 Å². The minimum Gasteiger partial charge on any atom is -0.597 e. The summed E-state index contributed by atoms with van der Waals surface area (Å²) in [7, 11) is 3.96. The Bertz CT molecular complexity index is 1270. The van der Waals surface area contributed by atoms with Gasteiger partial charge in [-0.25, -0.2) is 4.98 Å². The molecule has 0 spiro atoms. The Labute approximate surface area is 242 Å². The minimum absolute atomic E-state index is 0.0463. The number of pyridine rings is 1. The van der Waals surface area contributed by atoms with E-state index < -0.39 is 16.1 Å². The summed E-state index contributed by atoms with van der Waals surface area (Å²) in [5, 5.41) is 13.2. The van der Waals surface area contributed by atoms with Crippen molar-refractivity contribution < 1.29 is 14.5 Å². The van der Waals surface area contributed by atoms with Gasteiger partial charge >= 0.3 is 0 Å². The summed E-state index contributed by atoms with van der Waals surface area (Å²) in [5.41, 5.74) is 4.62. The number of nitrogens with one attached hydrogen (secondary N) is 1. The van der Waals surface area contributed by atoms with E-state index in [0.29, 0.717) is 30.9 Å². The van der Waals surface area contributed by atoms with Crippen molar-refractivity contribution in [3.05, 3.63) is 52.7 Å². The summed E-state index contributed by atoms with van der Waals surface area (Å²) in [5.74, 6) is 6.22. The van der Waals surface area contributed by atoms with Crippen LogP contribution in [0, 0.1) is 11.8 Å². The molecule has 1 aromatic heterocycles. The van der Waals surface area contributed by atoms with E-state index in [1.54, 1.807) is 0 Å². The fraction of sp³-hybridized carbons (Fsp3) is 0.548. The highest BCUT2D eigenvalue weighted by Crippen LogP contribution is 2.45. The zero-order valence-corrected chi connectivity index (χ0v) is 25.5. The van der Waals surface area contributed by atoms with Gasteiger partial charge < -0.3 is 19.9 Å². The first-order valence-corrected chi connectivity index (χ1v) is 15.2. The van der Waals surface area contributed by atoms with E-state index in [1.807, 2.05) is 74.4 Å². The maximum Gasteiger partial charge on any atom is 0.270 e. The summed E-state index contributed by atoms with van der Waals surface area (Å²) < 4.78 is 15.1. The highest BCUT2D eigenvalue weighted by molar-refractivity contribution is 7.90. The van der Waals surface area contributed by atoms with Crippen LogP contribution in [-0.2, 0) is 17.9 Å². The molecule has 1 unspecified atom stereocenters. The SMILES string of the molecule is CCN1CC[C@@H](NC(=O)c2cc3c(c(-c4cccc(C#CCN(C)C)c4)n2)[C@@H](CCO)N([S+]([O-])C(C)(C)C)C3)C1. The lowest BCUT2D eigenvalue weighted by molar-refractivity contribution is 0.0933. The number of amides is 1. The van der Waals surface area contributed by atoms with Gasteiger partial charge in [-0.05, 0) is 78.0 Å². The average molecular weight is 566 g/mol. The third-order valence-corrected chi connectivity index (χ3v) is 9.20. The van der Waals surface area contributed by atoms with Crippen molar-refractivity contribution in [1.82, 2.24) is 24.4 Å². The molecule has 216 valence electrons. The molecule has 0 aliphatic carbocycles. The largest absolute Gasteiger partial charge is 0.597 e. The molecule has 0 bridgehead atoms. The zero-order valence-electron chi connectivity index (χ0n) is 24.7. The average Bonchev–Trinajstić information content (AvgIpc) is 3.51. The van der Waals surface area contributed by atoms with Gasteiger partial charge in [-0.15, -0.1) is 4.31 Å². The fourth-order valence-electron chi connectivity index (χ4n) is 5.35. The van der Waals surface area contributed by atoms with Crippen LogP contribution in [-0.4, -0.2) is 92.3 Å². The van der Waals surface area contributed by atoms with E-state index in [9.17, 15) is 14.5 Å². The van der Waals surface area contributed by atoms with Crippen LogP contribution in [0.4, 0.5) is 0 Å². The number of carbonyl (C=O) groups excluding carboxylic acids is 1. The van der Waals surface area contributed by atoms with Crippen molar-refractivity contribution in [2.24, 2.45) is 0 Å². The molecular formula is C31H43N5O3S. The molecule has 3 atom stereocenters. The first-order valence-electron chi connectivity index (χ1n) is 14.1. The standard InChI is InChI=1S/C31H43N5O3S/c1-7-35-16-13-25(21-35)32-30(38)26-19-24-20-36(40(39)31(2,3)4)27(14-17-37)28(24)29(33-26)23-12-8-10-22(18-23)11-9-15-34(5)6/h8,10,12,18-19,25,27,37H,7,13-17,20-21H2,1-6H3,(H,32,38)/t25-,27-,40?/m1/s1. The number of likely N-dealkylation sites (tertiary alicyclic amines) is 1. The van der Waals surface area contributed by atoms with Crippen LogP contribution in [0.25, 0.3) is 11.3 Å². The molecule has 0 radical (unpaired) electrons. The van der Waals surface area contributed by atoms with Crippen LogP contribution in [0.3, 0.4) is 0 Å². The number of fused-ring (bicyclic) bond motifs is 1. The third kappa shape index (κ3) is 7.06. The van der Waals surface area contributed by atoms with Crippen LogP contribution < -0.4 is 5.32 Å². The number of aliphatic hydroxyl groups excluding tert-OH is 1. The van der Waals surface area contributed by atoms with Crippen LogP contribution in [0.5, 0.6) is 0 Å². The van der Waals surface area contributed by atoms with Crippen molar-refractivity contribution in [1.29, 1.82) is 0 Å². The predicted molar refractivity (Wildman–Crippen MR) is 161 cm³/mol. The Morgan fingerprint density at radius 1 is 1.30 bits per heavy atom. The zero-order chi connectivity index (χ0) is 29.0. The monoisotopic (exact) mass is 565 g/mol. The summed E-state index contributed by atoms with van der Waals surface area (Å²) >= 11 is -1.31. The van der Waals surface area contributed by atoms with Gasteiger partial charge in [0.15, 0.2) is 0 Å². The molecule has 2 aromatic rings. The molecule has 0 saturated carbocycles. The van der Waals surface area contributed by atoms with Crippen LogP contribution in [0.15, 0.2) is 30.3 Å². The van der Waals surface area contributed by atoms with E-state index in [-0.39, 0.29) is 24.6 Å². The Hall–Kier alpha value is -2.45. The maximum absolute atomic E-state index is 13.6. The van der Waals surface area contributed by atoms with Gasteiger partial charge in [0.05, 0.1) is 24.8 Å². The topological polar surface area (TPSA) is 95.0 Å². The molecule has 9 heteroatoms. The van der Waals surface area contributed by atoms with Crippen molar-refractivity contribution in [2.45, 2.75) is 63.9 Å². The number of nitrogens with zero attached hydrogens (tertiary/aromatic N) is 4. The molecule has 1 saturated heterocycles. The van der Waals surface area contributed by atoms with Crippen LogP contribution >= 0.6 is 0 Å². The lowest BCUT2D eigenvalue weighted by Crippen LogP contribution is -2.42. The summed E-state index contributed by atoms with van der Waals surface area (Å²) in [6.45, 7) is 11.8. The third-order valence-electron chi connectivity index (χ3n) is 7.34. The lowest BCUT2D eigenvalue weighted by Gasteiger charge is -2.33. The van der Waals surface area contributed by atoms with Crippen molar-refractivity contribution in [3.8, 4) is 23.1 Å². The Balaban J connectivity index is 1.78. The second kappa shape index (κ2) is 13.0. The summed E-state index contributed by atoms with van der Waals surface area (Å²) in [4.78, 5) is 22.8. The van der Waals surface area contributed by atoms with Crippen LogP contribution in [0.2, 0.25) is 0 Å². The molecular weight excluding hydrogens is 522 g/mol. The first kappa shape index (κ1) is 30.5. The summed E-state index contributed by atoms with van der Waals surface area (Å²) in [6.07, 6.45) is 1.34. The number of likely N-dealkylation sites (N-methyl/N-ethyl adjacent to an activating group) is 1. The number of benzene rings is 1. The van der Waals surface area contributed by atoms with Gasteiger partial charge in [0.2, 0.25) is 0 Å². The number of rotatable bonds is 8. The number of hydrogen-bond donors (Lipinski definition) is 2. The van der Waals surface area contributed by atoms with Gasteiger partial charge in [0.1, 0.15) is 10.4 Å². The number of carbonyl (C=O) groups is 1. The van der Waals surface area contributed by atoms with Crippen molar-refractivity contribution in [2.75, 3.05) is 46.9 Å². The summed E-state index contributed by atoms with van der Waals surface area (Å²) in [6, 6.07) is 9.57. The van der Waals surface area contributed by atoms with Gasteiger partial charge in [-0.3, -0.25) is 9.69 Å². The van der Waals surface area contributed by atoms with E-state index in [2.05, 4.69) is 29.0 Å². The predicted octanol–water partition coefficient (Wildman–Crippen LogP) is 3.19. The van der Waals surface area contributed by atoms with Crippen LogP contribution in [0.1, 0.15) is 73.8 Å². The van der Waals surface area contributed by atoms with Crippen molar-refractivity contribution >= 4 is 17.3 Å². The Morgan fingerprint density at radius 3 is 2.73 bits per heavy atom. The second-order valence-electron chi connectivity index (χ2n) is 11.9. The van der Waals surface area contributed by atoms with E-state index in [0.717, 1.165) is 48.3 Å². The minimum atomic E-state index is -1.31. The highest BCUT2D eigenvalue weighted by Gasteiger charge is 2.45. The molecule has 8 nitrogen and oxygen atoms in total. The fourth-order valence-corrected chi connectivity index (χ4v) is 6.75. The van der Waals surface area contributed by atoms with E-state index in [4.69, 9.17) is 4.98 Å². The van der Waals surface area contributed by atoms with E-state index in [1.165, 1.54) is 0 Å². The number of aromatic nitrogens is 1. The highest BCUT2D eigenvalue weighted by atomic mass is 32.2. The number of aliphatic hydroxyl groups is 1. The quantitative estimate of drug-likeness (QED) is 0.375. The molecule has 2 N–H and O–H groups in total. The van der Waals surface area contributed by atoms with E-state index >= 15 is 0 Å². The first-order chi connectivity index (χ1) is 19.0. The molecule has 1 amide bonds. The molecule has 40 heavy (non-hydrogen) atoms. The lowest BCUT2D eigenvalue weighted by atomic mass is 9.95. The molecule has 4 rings (SSSR count). The maximum atomic E-state index is 13.6. The normalized spacial score (nSPS) is 20.3. The smallest absolute Gasteiger partial charge is 0.270 e.